The summed E-state index contributed by atoms with van der Waals surface area (Å²) in [6, 6.07) is 2.94. The van der Waals surface area contributed by atoms with Gasteiger partial charge in [0.1, 0.15) is 0 Å². The lowest BCUT2D eigenvalue weighted by atomic mass is 9.43. The van der Waals surface area contributed by atoms with E-state index in [0.717, 1.165) is 55.3 Å². The van der Waals surface area contributed by atoms with Gasteiger partial charge in [0, 0.05) is 6.42 Å². The van der Waals surface area contributed by atoms with E-state index in [1.807, 2.05) is 6.08 Å². The lowest BCUT2D eigenvalue weighted by Crippen LogP contribution is -2.54. The molecule has 0 aromatic heterocycles. The molecule has 5 aliphatic rings. The molecule has 27 heavy (non-hydrogen) atoms. The van der Waals surface area contributed by atoms with Crippen molar-refractivity contribution in [3.8, 4) is 6.07 Å². The first-order valence-corrected chi connectivity index (χ1v) is 11.7. The van der Waals surface area contributed by atoms with Crippen LogP contribution in [0.1, 0.15) is 78.6 Å². The van der Waals surface area contributed by atoms with E-state index in [9.17, 15) is 10.1 Å². The fourth-order valence-electron chi connectivity index (χ4n) is 9.33. The van der Waals surface area contributed by atoms with Crippen LogP contribution >= 0.6 is 0 Å². The minimum atomic E-state index is -0.0566. The summed E-state index contributed by atoms with van der Waals surface area (Å²) in [5.74, 6) is 5.62. The molecule has 9 atom stereocenters. The van der Waals surface area contributed by atoms with E-state index in [4.69, 9.17) is 0 Å². The molecule has 146 valence electrons. The molecule has 4 fully saturated rings. The first kappa shape index (κ1) is 18.0. The normalized spacial score (nSPS) is 52.7. The number of rotatable bonds is 3. The monoisotopic (exact) mass is 365 g/mol. The number of hydrogen-bond acceptors (Lipinski definition) is 2. The number of carbonyl (C=O) groups is 1. The van der Waals surface area contributed by atoms with E-state index < -0.39 is 0 Å². The van der Waals surface area contributed by atoms with Crippen LogP contribution in [0, 0.1) is 63.6 Å². The predicted octanol–water partition coefficient (Wildman–Crippen LogP) is 5.93. The van der Waals surface area contributed by atoms with Crippen molar-refractivity contribution in [2.45, 2.75) is 78.6 Å². The molecule has 0 bridgehead atoms. The smallest absolute Gasteiger partial charge is 0.155 e. The highest BCUT2D eigenvalue weighted by Crippen LogP contribution is 2.81. The third kappa shape index (κ3) is 2.05. The van der Waals surface area contributed by atoms with Crippen molar-refractivity contribution in [1.82, 2.24) is 0 Å². The Bertz CT molecular complexity index is 731. The van der Waals surface area contributed by atoms with Gasteiger partial charge in [0.15, 0.2) is 5.78 Å². The fourth-order valence-corrected chi connectivity index (χ4v) is 9.33. The Hall–Kier alpha value is -1.10. The molecule has 0 radical (unpaired) electrons. The molecule has 5 rings (SSSR count). The minimum absolute atomic E-state index is 0.0566. The maximum Gasteiger partial charge on any atom is 0.155 e. The zero-order chi connectivity index (χ0) is 19.0. The molecule has 0 amide bonds. The van der Waals surface area contributed by atoms with Gasteiger partial charge in [0.05, 0.1) is 11.5 Å². The molecule has 5 aliphatic carbocycles. The first-order chi connectivity index (χ1) is 13.1. The van der Waals surface area contributed by atoms with Crippen LogP contribution in [0.4, 0.5) is 0 Å². The van der Waals surface area contributed by atoms with Crippen molar-refractivity contribution in [2.75, 3.05) is 0 Å². The van der Waals surface area contributed by atoms with Gasteiger partial charge in [0.2, 0.25) is 0 Å². The summed E-state index contributed by atoms with van der Waals surface area (Å²) in [6.07, 6.45) is 12.4. The average molecular weight is 366 g/mol. The van der Waals surface area contributed by atoms with Gasteiger partial charge in [-0.15, -0.1) is 0 Å². The van der Waals surface area contributed by atoms with Crippen LogP contribution in [0.3, 0.4) is 0 Å². The number of allylic oxidation sites excluding steroid dienone is 1. The Labute approximate surface area is 164 Å². The van der Waals surface area contributed by atoms with Crippen LogP contribution < -0.4 is 0 Å². The van der Waals surface area contributed by atoms with Gasteiger partial charge in [-0.25, -0.2) is 0 Å². The van der Waals surface area contributed by atoms with Crippen molar-refractivity contribution < 1.29 is 4.79 Å². The predicted molar refractivity (Wildman–Crippen MR) is 107 cm³/mol. The van der Waals surface area contributed by atoms with E-state index in [1.54, 1.807) is 0 Å². The van der Waals surface area contributed by atoms with Crippen LogP contribution in [-0.2, 0) is 4.79 Å². The quantitative estimate of drug-likeness (QED) is 0.622. The standard InChI is InChI=1S/C25H35NO/c1-4-15-11-16-12-17(27)7-8-18(16)19-9-10-24(5-2)23(22(15)19)20-13-21(20)25(24,6-3)14-26/h12,15,18-23H,4-11,13H2,1-3H3/t15-,18+,19-,20?,21?,22-,23+,24+,25+/m1/s1. The topological polar surface area (TPSA) is 40.9 Å². The molecule has 0 N–H and O–H groups in total. The Morgan fingerprint density at radius 3 is 2.67 bits per heavy atom. The number of ketones is 1. The molecular weight excluding hydrogens is 330 g/mol. The molecule has 2 heteroatoms. The van der Waals surface area contributed by atoms with Crippen molar-refractivity contribution in [3.63, 3.8) is 0 Å². The minimum Gasteiger partial charge on any atom is -0.295 e. The number of fused-ring (bicyclic) bond motifs is 7. The van der Waals surface area contributed by atoms with Crippen LogP contribution in [0.2, 0.25) is 0 Å². The van der Waals surface area contributed by atoms with Crippen LogP contribution in [0.15, 0.2) is 11.6 Å². The zero-order valence-electron chi connectivity index (χ0n) is 17.3. The van der Waals surface area contributed by atoms with Gasteiger partial charge in [-0.2, -0.15) is 5.26 Å². The van der Waals surface area contributed by atoms with Gasteiger partial charge in [0.25, 0.3) is 0 Å². The van der Waals surface area contributed by atoms with Crippen LogP contribution in [-0.4, -0.2) is 5.78 Å². The summed E-state index contributed by atoms with van der Waals surface area (Å²) in [7, 11) is 0. The number of hydrogen-bond donors (Lipinski definition) is 0. The summed E-state index contributed by atoms with van der Waals surface area (Å²) in [5.41, 5.74) is 1.71. The summed E-state index contributed by atoms with van der Waals surface area (Å²) in [5, 5.41) is 10.4. The SMILES string of the molecule is CC[C@@H]1CC2=CC(=O)CC[C@@H]2[C@H]2CC[C@@]3(CC)[C@@H](C4CC4[C@@]3(C#N)CC)[C@H]12. The first-order valence-electron chi connectivity index (χ1n) is 11.7. The Morgan fingerprint density at radius 1 is 1.19 bits per heavy atom. The summed E-state index contributed by atoms with van der Waals surface area (Å²) in [6.45, 7) is 7.04. The van der Waals surface area contributed by atoms with Crippen molar-refractivity contribution in [2.24, 2.45) is 52.3 Å². The Kier molecular flexibility index (Phi) is 3.96. The van der Waals surface area contributed by atoms with E-state index in [0.29, 0.717) is 17.6 Å². The van der Waals surface area contributed by atoms with E-state index in [1.165, 1.54) is 37.7 Å². The van der Waals surface area contributed by atoms with Crippen molar-refractivity contribution in [1.29, 1.82) is 5.26 Å². The highest BCUT2D eigenvalue weighted by Gasteiger charge is 2.77. The lowest BCUT2D eigenvalue weighted by Gasteiger charge is -2.60. The number of nitrogens with zero attached hydrogens (tertiary/aromatic N) is 1. The van der Waals surface area contributed by atoms with Crippen molar-refractivity contribution in [3.05, 3.63) is 11.6 Å². The molecule has 0 aromatic carbocycles. The van der Waals surface area contributed by atoms with Gasteiger partial charge in [-0.05, 0) is 97.9 Å². The molecule has 2 unspecified atom stereocenters. The molecule has 0 aromatic rings. The van der Waals surface area contributed by atoms with Gasteiger partial charge in [-0.1, -0.05) is 32.8 Å². The molecule has 4 saturated carbocycles. The average Bonchev–Trinajstić information content (AvgIpc) is 3.44. The molecular formula is C25H35NO. The van der Waals surface area contributed by atoms with E-state index >= 15 is 0 Å². The largest absolute Gasteiger partial charge is 0.295 e. The fraction of sp³-hybridized carbons (Fsp3) is 0.840. The maximum absolute atomic E-state index is 12.1. The molecule has 0 saturated heterocycles. The summed E-state index contributed by atoms with van der Waals surface area (Å²) >= 11 is 0. The molecule has 0 aliphatic heterocycles. The molecule has 0 heterocycles. The second-order valence-corrected chi connectivity index (χ2v) is 10.5. The van der Waals surface area contributed by atoms with Gasteiger partial charge < -0.3 is 0 Å². The Morgan fingerprint density at radius 2 is 2.00 bits per heavy atom. The van der Waals surface area contributed by atoms with E-state index in [2.05, 4.69) is 26.8 Å². The highest BCUT2D eigenvalue weighted by atomic mass is 16.1. The highest BCUT2D eigenvalue weighted by molar-refractivity contribution is 5.91. The number of carbonyl (C=O) groups excluding carboxylic acids is 1. The van der Waals surface area contributed by atoms with Crippen LogP contribution in [0.5, 0.6) is 0 Å². The van der Waals surface area contributed by atoms with Crippen molar-refractivity contribution >= 4 is 5.78 Å². The van der Waals surface area contributed by atoms with Gasteiger partial charge in [-0.3, -0.25) is 4.79 Å². The number of nitriles is 1. The lowest BCUT2D eigenvalue weighted by molar-refractivity contribution is -0.118. The third-order valence-corrected chi connectivity index (χ3v) is 10.3. The zero-order valence-corrected chi connectivity index (χ0v) is 17.3. The summed E-state index contributed by atoms with van der Waals surface area (Å²) < 4.78 is 0. The second kappa shape index (κ2) is 5.95. The van der Waals surface area contributed by atoms with E-state index in [-0.39, 0.29) is 10.8 Å². The summed E-state index contributed by atoms with van der Waals surface area (Å²) in [4.78, 5) is 12.1. The maximum atomic E-state index is 12.1. The van der Waals surface area contributed by atoms with Crippen LogP contribution in [0.25, 0.3) is 0 Å². The molecule has 2 nitrogen and oxygen atoms in total. The second-order valence-electron chi connectivity index (χ2n) is 10.5. The van der Waals surface area contributed by atoms with Gasteiger partial charge >= 0.3 is 0 Å². The Balaban J connectivity index is 1.59. The third-order valence-electron chi connectivity index (χ3n) is 10.3. The molecule has 0 spiro atoms.